The van der Waals surface area contributed by atoms with Crippen molar-refractivity contribution in [3.05, 3.63) is 59.7 Å². The number of unbranched alkanes of at least 4 members (excludes halogenated alkanes) is 1. The molecule has 0 bridgehead atoms. The number of hydrogen-bond donors (Lipinski definition) is 0. The standard InChI is InChI=1S/C22H26O4/c1-4-6-15-25-20-13-9-18(16-21(20)24-5-2)10-14-22(23)26-19-11-7-17(3)8-12-19/h7-14,16H,4-6,15H2,1-3H3/b14-10+. The highest BCUT2D eigenvalue weighted by Crippen LogP contribution is 2.29. The van der Waals surface area contributed by atoms with Crippen molar-refractivity contribution in [2.45, 2.75) is 33.6 Å². The van der Waals surface area contributed by atoms with Gasteiger partial charge in [-0.2, -0.15) is 0 Å². The van der Waals surface area contributed by atoms with E-state index in [0.717, 1.165) is 29.7 Å². The second kappa shape index (κ2) is 10.3. The maximum absolute atomic E-state index is 12.0. The van der Waals surface area contributed by atoms with E-state index in [1.807, 2.05) is 44.2 Å². The Morgan fingerprint density at radius 3 is 2.46 bits per heavy atom. The molecule has 0 unspecified atom stereocenters. The lowest BCUT2D eigenvalue weighted by molar-refractivity contribution is -0.128. The summed E-state index contributed by atoms with van der Waals surface area (Å²) in [5.41, 5.74) is 1.96. The number of hydrogen-bond acceptors (Lipinski definition) is 4. The molecule has 138 valence electrons. The molecule has 2 aromatic carbocycles. The third-order valence-electron chi connectivity index (χ3n) is 3.67. The largest absolute Gasteiger partial charge is 0.490 e. The number of esters is 1. The number of aryl methyl sites for hydroxylation is 1. The summed E-state index contributed by atoms with van der Waals surface area (Å²) in [5.74, 6) is 1.51. The van der Waals surface area contributed by atoms with E-state index >= 15 is 0 Å². The predicted molar refractivity (Wildman–Crippen MR) is 104 cm³/mol. The van der Waals surface area contributed by atoms with Crippen LogP contribution in [-0.2, 0) is 4.79 Å². The molecule has 0 aromatic heterocycles. The van der Waals surface area contributed by atoms with Crippen molar-refractivity contribution in [1.82, 2.24) is 0 Å². The van der Waals surface area contributed by atoms with Gasteiger partial charge in [-0.25, -0.2) is 4.79 Å². The van der Waals surface area contributed by atoms with Crippen LogP contribution in [0.15, 0.2) is 48.5 Å². The van der Waals surface area contributed by atoms with E-state index in [-0.39, 0.29) is 0 Å². The highest BCUT2D eigenvalue weighted by atomic mass is 16.5. The Balaban J connectivity index is 2.02. The number of carbonyl (C=O) groups is 1. The minimum atomic E-state index is -0.421. The molecule has 2 rings (SSSR count). The van der Waals surface area contributed by atoms with E-state index < -0.39 is 5.97 Å². The van der Waals surface area contributed by atoms with Gasteiger partial charge in [0, 0.05) is 6.08 Å². The highest BCUT2D eigenvalue weighted by molar-refractivity contribution is 5.88. The maximum atomic E-state index is 12.0. The quantitative estimate of drug-likeness (QED) is 0.269. The molecular formula is C22H26O4. The zero-order valence-electron chi connectivity index (χ0n) is 15.7. The Morgan fingerprint density at radius 2 is 1.77 bits per heavy atom. The lowest BCUT2D eigenvalue weighted by Crippen LogP contribution is -2.03. The van der Waals surface area contributed by atoms with Crippen LogP contribution in [-0.4, -0.2) is 19.2 Å². The van der Waals surface area contributed by atoms with Crippen LogP contribution in [0.3, 0.4) is 0 Å². The van der Waals surface area contributed by atoms with Gasteiger partial charge in [-0.3, -0.25) is 0 Å². The molecule has 0 amide bonds. The van der Waals surface area contributed by atoms with Gasteiger partial charge in [-0.15, -0.1) is 0 Å². The van der Waals surface area contributed by atoms with Crippen molar-refractivity contribution in [2.24, 2.45) is 0 Å². The topological polar surface area (TPSA) is 44.8 Å². The van der Waals surface area contributed by atoms with Crippen molar-refractivity contribution in [3.8, 4) is 17.2 Å². The zero-order chi connectivity index (χ0) is 18.8. The normalized spacial score (nSPS) is 10.7. The molecule has 26 heavy (non-hydrogen) atoms. The van der Waals surface area contributed by atoms with E-state index in [9.17, 15) is 4.79 Å². The Morgan fingerprint density at radius 1 is 1.00 bits per heavy atom. The second-order valence-electron chi connectivity index (χ2n) is 5.91. The smallest absolute Gasteiger partial charge is 0.336 e. The highest BCUT2D eigenvalue weighted by Gasteiger charge is 2.06. The Labute approximate surface area is 155 Å². The molecule has 0 atom stereocenters. The van der Waals surface area contributed by atoms with Crippen LogP contribution >= 0.6 is 0 Å². The van der Waals surface area contributed by atoms with Gasteiger partial charge >= 0.3 is 5.97 Å². The molecule has 0 heterocycles. The molecule has 0 aliphatic rings. The van der Waals surface area contributed by atoms with Crippen LogP contribution in [0, 0.1) is 6.92 Å². The molecule has 2 aromatic rings. The first-order chi connectivity index (χ1) is 12.6. The van der Waals surface area contributed by atoms with Crippen LogP contribution in [0.5, 0.6) is 17.2 Å². The van der Waals surface area contributed by atoms with E-state index in [1.165, 1.54) is 6.08 Å². The number of benzene rings is 2. The molecule has 0 saturated heterocycles. The lowest BCUT2D eigenvalue weighted by atomic mass is 10.2. The Kier molecular flexibility index (Phi) is 7.75. The van der Waals surface area contributed by atoms with Gasteiger partial charge in [0.25, 0.3) is 0 Å². The molecule has 4 heteroatoms. The van der Waals surface area contributed by atoms with Gasteiger partial charge in [0.2, 0.25) is 0 Å². The van der Waals surface area contributed by atoms with Crippen LogP contribution in [0.25, 0.3) is 6.08 Å². The fourth-order valence-corrected chi connectivity index (χ4v) is 2.26. The van der Waals surface area contributed by atoms with Crippen molar-refractivity contribution in [2.75, 3.05) is 13.2 Å². The molecule has 0 N–H and O–H groups in total. The fourth-order valence-electron chi connectivity index (χ4n) is 2.26. The first-order valence-corrected chi connectivity index (χ1v) is 8.98. The minimum Gasteiger partial charge on any atom is -0.490 e. The first kappa shape index (κ1) is 19.6. The zero-order valence-corrected chi connectivity index (χ0v) is 15.7. The summed E-state index contributed by atoms with van der Waals surface area (Å²) in [5, 5.41) is 0. The second-order valence-corrected chi connectivity index (χ2v) is 5.91. The number of carbonyl (C=O) groups excluding carboxylic acids is 1. The van der Waals surface area contributed by atoms with Crippen molar-refractivity contribution >= 4 is 12.0 Å². The SMILES string of the molecule is CCCCOc1ccc(/C=C/C(=O)Oc2ccc(C)cc2)cc1OCC. The van der Waals surface area contributed by atoms with E-state index in [0.29, 0.717) is 24.7 Å². The van der Waals surface area contributed by atoms with Crippen LogP contribution in [0.2, 0.25) is 0 Å². The average Bonchev–Trinajstić information content (AvgIpc) is 2.64. The van der Waals surface area contributed by atoms with Gasteiger partial charge in [0.1, 0.15) is 5.75 Å². The number of rotatable bonds is 9. The Hall–Kier alpha value is -2.75. The minimum absolute atomic E-state index is 0.421. The molecule has 0 saturated carbocycles. The van der Waals surface area contributed by atoms with Crippen LogP contribution < -0.4 is 14.2 Å². The lowest BCUT2D eigenvalue weighted by Gasteiger charge is -2.12. The predicted octanol–water partition coefficient (Wildman–Crippen LogP) is 5.19. The van der Waals surface area contributed by atoms with E-state index in [4.69, 9.17) is 14.2 Å². The summed E-state index contributed by atoms with van der Waals surface area (Å²) in [7, 11) is 0. The van der Waals surface area contributed by atoms with Crippen LogP contribution in [0.1, 0.15) is 37.8 Å². The summed E-state index contributed by atoms with van der Waals surface area (Å²) >= 11 is 0. The fraction of sp³-hybridized carbons (Fsp3) is 0.318. The van der Waals surface area contributed by atoms with Crippen molar-refractivity contribution < 1.29 is 19.0 Å². The van der Waals surface area contributed by atoms with Crippen molar-refractivity contribution in [1.29, 1.82) is 0 Å². The van der Waals surface area contributed by atoms with Gasteiger partial charge in [0.05, 0.1) is 13.2 Å². The summed E-state index contributed by atoms with van der Waals surface area (Å²) in [6.07, 6.45) is 5.18. The van der Waals surface area contributed by atoms with Gasteiger partial charge < -0.3 is 14.2 Å². The third kappa shape index (κ3) is 6.28. The molecule has 4 nitrogen and oxygen atoms in total. The van der Waals surface area contributed by atoms with Crippen LogP contribution in [0.4, 0.5) is 0 Å². The summed E-state index contributed by atoms with van der Waals surface area (Å²) in [4.78, 5) is 12.0. The third-order valence-corrected chi connectivity index (χ3v) is 3.67. The average molecular weight is 354 g/mol. The van der Waals surface area contributed by atoms with Gasteiger partial charge in [-0.05, 0) is 56.2 Å². The molecule has 0 aliphatic heterocycles. The van der Waals surface area contributed by atoms with Gasteiger partial charge in [-0.1, -0.05) is 37.1 Å². The summed E-state index contributed by atoms with van der Waals surface area (Å²) in [6.45, 7) is 7.24. The van der Waals surface area contributed by atoms with Crippen molar-refractivity contribution in [3.63, 3.8) is 0 Å². The molecule has 0 spiro atoms. The monoisotopic (exact) mass is 354 g/mol. The number of ether oxygens (including phenoxy) is 3. The van der Waals surface area contributed by atoms with Gasteiger partial charge in [0.15, 0.2) is 11.5 Å². The Bertz CT molecular complexity index is 732. The summed E-state index contributed by atoms with van der Waals surface area (Å²) in [6, 6.07) is 13.0. The molecule has 0 aliphatic carbocycles. The first-order valence-electron chi connectivity index (χ1n) is 8.98. The maximum Gasteiger partial charge on any atom is 0.336 e. The van der Waals surface area contributed by atoms with E-state index in [1.54, 1.807) is 18.2 Å². The molecule has 0 fully saturated rings. The summed E-state index contributed by atoms with van der Waals surface area (Å²) < 4.78 is 16.7. The molecule has 0 radical (unpaired) electrons. The molecular weight excluding hydrogens is 328 g/mol. The van der Waals surface area contributed by atoms with E-state index in [2.05, 4.69) is 6.92 Å².